The van der Waals surface area contributed by atoms with E-state index in [0.29, 0.717) is 18.8 Å². The van der Waals surface area contributed by atoms with Crippen molar-refractivity contribution in [3.8, 4) is 5.75 Å². The highest BCUT2D eigenvalue weighted by atomic mass is 16.6. The molecule has 2 N–H and O–H groups in total. The van der Waals surface area contributed by atoms with Gasteiger partial charge in [-0.15, -0.1) is 0 Å². The fourth-order valence-corrected chi connectivity index (χ4v) is 3.19. The predicted molar refractivity (Wildman–Crippen MR) is 85.0 cm³/mol. The van der Waals surface area contributed by atoms with Crippen LogP contribution in [0.15, 0.2) is 12.1 Å². The summed E-state index contributed by atoms with van der Waals surface area (Å²) in [5.41, 5.74) is 8.60. The lowest BCUT2D eigenvalue weighted by Crippen LogP contribution is -2.44. The molecule has 0 bridgehead atoms. The van der Waals surface area contributed by atoms with E-state index in [1.807, 2.05) is 32.9 Å². The maximum absolute atomic E-state index is 12.4. The van der Waals surface area contributed by atoms with E-state index < -0.39 is 5.60 Å². The number of hydrogen-bond acceptors (Lipinski definition) is 4. The molecule has 0 saturated heterocycles. The summed E-state index contributed by atoms with van der Waals surface area (Å²) < 4.78 is 10.9. The summed E-state index contributed by atoms with van der Waals surface area (Å²) in [5.74, 6) is 0.718. The molecule has 0 atom stereocenters. The number of hydrogen-bond donors (Lipinski definition) is 1. The van der Waals surface area contributed by atoms with Crippen LogP contribution in [0.5, 0.6) is 5.75 Å². The van der Waals surface area contributed by atoms with Crippen LogP contribution in [0.1, 0.15) is 44.7 Å². The fraction of sp³-hybridized carbons (Fsp3) is 0.588. The first kappa shape index (κ1) is 15.0. The summed E-state index contributed by atoms with van der Waals surface area (Å²) in [4.78, 5) is 14.2. The summed E-state index contributed by atoms with van der Waals surface area (Å²) in [6.07, 6.45) is 1.93. The second-order valence-corrected chi connectivity index (χ2v) is 7.37. The van der Waals surface area contributed by atoms with Crippen molar-refractivity contribution in [2.24, 2.45) is 0 Å². The maximum atomic E-state index is 12.4. The van der Waals surface area contributed by atoms with Gasteiger partial charge in [0.15, 0.2) is 0 Å². The number of benzene rings is 1. The molecule has 1 aliphatic carbocycles. The molecule has 1 amide bonds. The number of fused-ring (bicyclic) bond motifs is 2. The summed E-state index contributed by atoms with van der Waals surface area (Å²) in [6.45, 7) is 6.91. The summed E-state index contributed by atoms with van der Waals surface area (Å²) >= 11 is 0. The van der Waals surface area contributed by atoms with Gasteiger partial charge in [0.2, 0.25) is 0 Å². The van der Waals surface area contributed by atoms with Crippen molar-refractivity contribution in [3.05, 3.63) is 23.3 Å². The van der Waals surface area contributed by atoms with Crippen LogP contribution in [-0.2, 0) is 16.7 Å². The average Bonchev–Trinajstić information content (AvgIpc) is 3.16. The van der Waals surface area contributed by atoms with Crippen molar-refractivity contribution >= 4 is 11.8 Å². The lowest BCUT2D eigenvalue weighted by atomic mass is 9.86. The molecule has 0 unspecified atom stereocenters. The highest BCUT2D eigenvalue weighted by Crippen LogP contribution is 2.53. The van der Waals surface area contributed by atoms with Crippen LogP contribution >= 0.6 is 0 Å². The van der Waals surface area contributed by atoms with Crippen molar-refractivity contribution in [2.45, 2.75) is 51.2 Å². The van der Waals surface area contributed by atoms with Gasteiger partial charge in [0.25, 0.3) is 0 Å². The Kier molecular flexibility index (Phi) is 3.27. The predicted octanol–water partition coefficient (Wildman–Crippen LogP) is 3.06. The SMILES string of the molecule is COc1cc2c(cc1N)CN(C(=O)OC(C)(C)C)CC21CC1. The lowest BCUT2D eigenvalue weighted by molar-refractivity contribution is 0.0197. The number of nitrogens with two attached hydrogens (primary N) is 1. The molecule has 3 rings (SSSR count). The summed E-state index contributed by atoms with van der Waals surface area (Å²) in [5, 5.41) is 0. The number of methoxy groups -OCH3 is 1. The van der Waals surface area contributed by atoms with Crippen molar-refractivity contribution in [1.29, 1.82) is 0 Å². The maximum Gasteiger partial charge on any atom is 0.410 e. The van der Waals surface area contributed by atoms with Gasteiger partial charge in [0.05, 0.1) is 12.8 Å². The minimum Gasteiger partial charge on any atom is -0.495 e. The smallest absolute Gasteiger partial charge is 0.410 e. The Morgan fingerprint density at radius 2 is 2.00 bits per heavy atom. The quantitative estimate of drug-likeness (QED) is 0.810. The molecule has 1 aliphatic heterocycles. The Balaban J connectivity index is 1.90. The van der Waals surface area contributed by atoms with Gasteiger partial charge in [-0.2, -0.15) is 0 Å². The molecule has 0 radical (unpaired) electrons. The van der Waals surface area contributed by atoms with Crippen LogP contribution in [0.25, 0.3) is 0 Å². The molecule has 22 heavy (non-hydrogen) atoms. The summed E-state index contributed by atoms with van der Waals surface area (Å²) in [6, 6.07) is 3.98. The normalized spacial score (nSPS) is 18.8. The standard InChI is InChI=1S/C17H24N2O3/c1-16(2,3)22-15(20)19-9-11-7-13(18)14(21-4)8-12(11)17(10-19)5-6-17/h7-8H,5-6,9-10,18H2,1-4H3. The van der Waals surface area contributed by atoms with Crippen LogP contribution in [0.3, 0.4) is 0 Å². The third-order valence-electron chi connectivity index (χ3n) is 4.39. The zero-order valence-electron chi connectivity index (χ0n) is 13.7. The molecular weight excluding hydrogens is 280 g/mol. The van der Waals surface area contributed by atoms with E-state index in [9.17, 15) is 4.79 Å². The number of nitrogens with zero attached hydrogens (tertiary/aromatic N) is 1. The van der Waals surface area contributed by atoms with Gasteiger partial charge < -0.3 is 20.1 Å². The van der Waals surface area contributed by atoms with E-state index >= 15 is 0 Å². The fourth-order valence-electron chi connectivity index (χ4n) is 3.19. The van der Waals surface area contributed by atoms with E-state index in [0.717, 1.165) is 24.2 Å². The second kappa shape index (κ2) is 4.80. The van der Waals surface area contributed by atoms with Crippen molar-refractivity contribution < 1.29 is 14.3 Å². The molecule has 5 heteroatoms. The van der Waals surface area contributed by atoms with Gasteiger partial charge >= 0.3 is 6.09 Å². The number of amides is 1. The second-order valence-electron chi connectivity index (χ2n) is 7.37. The number of carbonyl (C=O) groups excluding carboxylic acids is 1. The molecule has 1 heterocycles. The van der Waals surface area contributed by atoms with Crippen LogP contribution < -0.4 is 10.5 Å². The molecule has 2 aliphatic rings. The van der Waals surface area contributed by atoms with Gasteiger partial charge in [-0.1, -0.05) is 0 Å². The van der Waals surface area contributed by atoms with Crippen molar-refractivity contribution in [2.75, 3.05) is 19.4 Å². The van der Waals surface area contributed by atoms with E-state index in [1.165, 1.54) is 5.56 Å². The minimum atomic E-state index is -0.479. The van der Waals surface area contributed by atoms with Crippen molar-refractivity contribution in [1.82, 2.24) is 4.90 Å². The number of anilines is 1. The first-order chi connectivity index (χ1) is 10.2. The molecule has 120 valence electrons. The number of rotatable bonds is 1. The highest BCUT2D eigenvalue weighted by molar-refractivity contribution is 5.70. The van der Waals surface area contributed by atoms with Gasteiger partial charge in [-0.3, -0.25) is 0 Å². The third kappa shape index (κ3) is 2.60. The molecule has 1 saturated carbocycles. The summed E-state index contributed by atoms with van der Waals surface area (Å²) in [7, 11) is 1.63. The van der Waals surface area contributed by atoms with Gasteiger partial charge in [0.1, 0.15) is 11.4 Å². The molecule has 5 nitrogen and oxygen atoms in total. The van der Waals surface area contributed by atoms with E-state index in [1.54, 1.807) is 12.0 Å². The van der Waals surface area contributed by atoms with Gasteiger partial charge in [-0.05, 0) is 56.9 Å². The largest absolute Gasteiger partial charge is 0.495 e. The Labute approximate surface area is 131 Å². The monoisotopic (exact) mass is 304 g/mol. The van der Waals surface area contributed by atoms with Crippen LogP contribution in [0.4, 0.5) is 10.5 Å². The number of ether oxygens (including phenoxy) is 2. The van der Waals surface area contributed by atoms with Crippen LogP contribution in [0.2, 0.25) is 0 Å². The average molecular weight is 304 g/mol. The molecule has 1 spiro atoms. The van der Waals surface area contributed by atoms with E-state index in [4.69, 9.17) is 15.2 Å². The van der Waals surface area contributed by atoms with Crippen LogP contribution in [-0.4, -0.2) is 30.2 Å². The minimum absolute atomic E-state index is 0.0610. The molecule has 1 aromatic rings. The Hall–Kier alpha value is -1.91. The molecule has 0 aromatic heterocycles. The molecule has 1 aromatic carbocycles. The van der Waals surface area contributed by atoms with Crippen LogP contribution in [0, 0.1) is 0 Å². The zero-order chi connectivity index (χ0) is 16.1. The lowest BCUT2D eigenvalue weighted by Gasteiger charge is -2.36. The molecule has 1 fully saturated rings. The Morgan fingerprint density at radius 1 is 1.32 bits per heavy atom. The first-order valence-electron chi connectivity index (χ1n) is 7.69. The van der Waals surface area contributed by atoms with E-state index in [2.05, 4.69) is 0 Å². The Morgan fingerprint density at radius 3 is 2.55 bits per heavy atom. The van der Waals surface area contributed by atoms with E-state index in [-0.39, 0.29) is 11.5 Å². The van der Waals surface area contributed by atoms with Crippen molar-refractivity contribution in [3.63, 3.8) is 0 Å². The van der Waals surface area contributed by atoms with Gasteiger partial charge in [-0.25, -0.2) is 4.79 Å². The topological polar surface area (TPSA) is 64.8 Å². The Bertz CT molecular complexity index is 615. The zero-order valence-corrected chi connectivity index (χ0v) is 13.7. The third-order valence-corrected chi connectivity index (χ3v) is 4.39. The number of nitrogen functional groups attached to an aromatic ring is 1. The van der Waals surface area contributed by atoms with Gasteiger partial charge in [0, 0.05) is 18.5 Å². The number of carbonyl (C=O) groups is 1. The first-order valence-corrected chi connectivity index (χ1v) is 7.69. The molecular formula is C17H24N2O3. The highest BCUT2D eigenvalue weighted by Gasteiger charge is 2.50.